The van der Waals surface area contributed by atoms with Gasteiger partial charge in [-0.05, 0) is 30.7 Å². The number of aryl methyl sites for hydroxylation is 1. The molecule has 0 unspecified atom stereocenters. The summed E-state index contributed by atoms with van der Waals surface area (Å²) in [4.78, 5) is 0. The Kier molecular flexibility index (Phi) is 2.48. The molecule has 3 aromatic rings. The predicted molar refractivity (Wildman–Crippen MR) is 69.7 cm³/mol. The average Bonchev–Trinajstić information content (AvgIpc) is 2.81. The molecule has 18 heavy (non-hydrogen) atoms. The standard InChI is InChI=1S/C14H13N3O/c1-10-7-8-13-15-16-14(17(13)9-10)11-5-3-4-6-12(11)18-2/h3-9H,1-2H3. The van der Waals surface area contributed by atoms with Crippen LogP contribution in [0.1, 0.15) is 5.56 Å². The Hall–Kier alpha value is -2.36. The van der Waals surface area contributed by atoms with Crippen molar-refractivity contribution < 1.29 is 4.74 Å². The van der Waals surface area contributed by atoms with Gasteiger partial charge in [0.1, 0.15) is 5.75 Å². The predicted octanol–water partition coefficient (Wildman–Crippen LogP) is 2.71. The van der Waals surface area contributed by atoms with Crippen molar-refractivity contribution in [1.29, 1.82) is 0 Å². The van der Waals surface area contributed by atoms with E-state index >= 15 is 0 Å². The van der Waals surface area contributed by atoms with E-state index in [9.17, 15) is 0 Å². The highest BCUT2D eigenvalue weighted by Gasteiger charge is 2.12. The summed E-state index contributed by atoms with van der Waals surface area (Å²) in [7, 11) is 1.66. The van der Waals surface area contributed by atoms with Gasteiger partial charge in [-0.2, -0.15) is 0 Å². The van der Waals surface area contributed by atoms with Crippen molar-refractivity contribution in [3.05, 3.63) is 48.2 Å². The van der Waals surface area contributed by atoms with E-state index in [0.717, 1.165) is 22.8 Å². The molecule has 0 fully saturated rings. The number of hydrogen-bond acceptors (Lipinski definition) is 3. The fourth-order valence-electron chi connectivity index (χ4n) is 2.01. The first-order valence-electron chi connectivity index (χ1n) is 5.74. The summed E-state index contributed by atoms with van der Waals surface area (Å²) in [5.74, 6) is 1.60. The van der Waals surface area contributed by atoms with Gasteiger partial charge in [-0.15, -0.1) is 10.2 Å². The lowest BCUT2D eigenvalue weighted by atomic mass is 10.2. The molecule has 0 atom stereocenters. The molecule has 4 heteroatoms. The van der Waals surface area contributed by atoms with Gasteiger partial charge < -0.3 is 4.74 Å². The summed E-state index contributed by atoms with van der Waals surface area (Å²) in [5.41, 5.74) is 2.94. The molecule has 2 aromatic heterocycles. The third-order valence-corrected chi connectivity index (χ3v) is 2.90. The molecule has 2 heterocycles. The summed E-state index contributed by atoms with van der Waals surface area (Å²) in [6.45, 7) is 2.05. The number of fused-ring (bicyclic) bond motifs is 1. The van der Waals surface area contributed by atoms with Gasteiger partial charge >= 0.3 is 0 Å². The minimum Gasteiger partial charge on any atom is -0.496 e. The minimum atomic E-state index is 0.797. The highest BCUT2D eigenvalue weighted by atomic mass is 16.5. The second kappa shape index (κ2) is 4.14. The quantitative estimate of drug-likeness (QED) is 0.690. The zero-order chi connectivity index (χ0) is 12.5. The van der Waals surface area contributed by atoms with Crippen LogP contribution in [0.25, 0.3) is 17.0 Å². The first-order chi connectivity index (χ1) is 8.79. The second-order valence-electron chi connectivity index (χ2n) is 4.16. The highest BCUT2D eigenvalue weighted by molar-refractivity contribution is 5.66. The number of ether oxygens (including phenoxy) is 1. The molecule has 0 aliphatic heterocycles. The Morgan fingerprint density at radius 2 is 1.89 bits per heavy atom. The van der Waals surface area contributed by atoms with Gasteiger partial charge in [0, 0.05) is 6.20 Å². The number of benzene rings is 1. The van der Waals surface area contributed by atoms with Crippen LogP contribution in [0.15, 0.2) is 42.6 Å². The van der Waals surface area contributed by atoms with Crippen molar-refractivity contribution in [3.8, 4) is 17.1 Å². The molecule has 0 spiro atoms. The molecule has 0 aliphatic carbocycles. The average molecular weight is 239 g/mol. The van der Waals surface area contributed by atoms with Crippen LogP contribution in [0.3, 0.4) is 0 Å². The summed E-state index contributed by atoms with van der Waals surface area (Å²) in [6.07, 6.45) is 2.02. The molecule has 0 amide bonds. The van der Waals surface area contributed by atoms with Gasteiger partial charge in [0.15, 0.2) is 11.5 Å². The summed E-state index contributed by atoms with van der Waals surface area (Å²) >= 11 is 0. The maximum atomic E-state index is 5.37. The van der Waals surface area contributed by atoms with Gasteiger partial charge in [-0.3, -0.25) is 4.40 Å². The number of pyridine rings is 1. The Labute approximate surface area is 105 Å². The Bertz CT molecular complexity index is 703. The molecule has 3 rings (SSSR count). The smallest absolute Gasteiger partial charge is 0.172 e. The minimum absolute atomic E-state index is 0.797. The Morgan fingerprint density at radius 3 is 2.72 bits per heavy atom. The monoisotopic (exact) mass is 239 g/mol. The van der Waals surface area contributed by atoms with Gasteiger partial charge in [0.25, 0.3) is 0 Å². The van der Waals surface area contributed by atoms with Crippen LogP contribution in [-0.2, 0) is 0 Å². The maximum Gasteiger partial charge on any atom is 0.172 e. The molecule has 0 radical (unpaired) electrons. The molecule has 90 valence electrons. The van der Waals surface area contributed by atoms with Gasteiger partial charge in [-0.25, -0.2) is 0 Å². The lowest BCUT2D eigenvalue weighted by Gasteiger charge is -2.06. The fourth-order valence-corrected chi connectivity index (χ4v) is 2.01. The number of hydrogen-bond donors (Lipinski definition) is 0. The lowest BCUT2D eigenvalue weighted by molar-refractivity contribution is 0.416. The van der Waals surface area contributed by atoms with E-state index in [2.05, 4.69) is 10.2 Å². The summed E-state index contributed by atoms with van der Waals surface area (Å²) < 4.78 is 7.35. The maximum absolute atomic E-state index is 5.37. The van der Waals surface area contributed by atoms with E-state index in [0.29, 0.717) is 0 Å². The van der Waals surface area contributed by atoms with Crippen molar-refractivity contribution in [2.75, 3.05) is 7.11 Å². The third-order valence-electron chi connectivity index (χ3n) is 2.90. The van der Waals surface area contributed by atoms with Crippen LogP contribution in [0, 0.1) is 6.92 Å². The van der Waals surface area contributed by atoms with Crippen molar-refractivity contribution in [3.63, 3.8) is 0 Å². The molecule has 4 nitrogen and oxygen atoms in total. The number of rotatable bonds is 2. The Balaban J connectivity index is 2.28. The molecule has 0 saturated carbocycles. The number of para-hydroxylation sites is 1. The van der Waals surface area contributed by atoms with Crippen LogP contribution in [0.2, 0.25) is 0 Å². The zero-order valence-corrected chi connectivity index (χ0v) is 10.3. The molecule has 1 aromatic carbocycles. The molecule has 0 N–H and O–H groups in total. The Morgan fingerprint density at radius 1 is 1.06 bits per heavy atom. The lowest BCUT2D eigenvalue weighted by Crippen LogP contribution is -1.93. The van der Waals surface area contributed by atoms with Gasteiger partial charge in [0.2, 0.25) is 0 Å². The zero-order valence-electron chi connectivity index (χ0n) is 10.3. The molecular weight excluding hydrogens is 226 g/mol. The SMILES string of the molecule is COc1ccccc1-c1nnc2ccc(C)cn12. The van der Waals surface area contributed by atoms with E-state index < -0.39 is 0 Å². The van der Waals surface area contributed by atoms with Crippen LogP contribution < -0.4 is 4.74 Å². The van der Waals surface area contributed by atoms with Gasteiger partial charge in [-0.1, -0.05) is 18.2 Å². The number of methoxy groups -OCH3 is 1. The topological polar surface area (TPSA) is 39.4 Å². The third kappa shape index (κ3) is 1.62. The first kappa shape index (κ1) is 10.8. The fraction of sp³-hybridized carbons (Fsp3) is 0.143. The number of aromatic nitrogens is 3. The van der Waals surface area contributed by atoms with Crippen molar-refractivity contribution >= 4 is 5.65 Å². The van der Waals surface area contributed by atoms with Crippen LogP contribution >= 0.6 is 0 Å². The summed E-state index contributed by atoms with van der Waals surface area (Å²) in [5, 5.41) is 8.42. The van der Waals surface area contributed by atoms with Crippen LogP contribution in [0.5, 0.6) is 5.75 Å². The molecule has 0 bridgehead atoms. The van der Waals surface area contributed by atoms with Crippen molar-refractivity contribution in [2.24, 2.45) is 0 Å². The highest BCUT2D eigenvalue weighted by Crippen LogP contribution is 2.28. The van der Waals surface area contributed by atoms with Crippen LogP contribution in [-0.4, -0.2) is 21.7 Å². The normalized spacial score (nSPS) is 10.8. The largest absolute Gasteiger partial charge is 0.496 e. The van der Waals surface area contributed by atoms with Crippen molar-refractivity contribution in [2.45, 2.75) is 6.92 Å². The molecular formula is C14H13N3O. The van der Waals surface area contributed by atoms with E-state index in [1.807, 2.05) is 53.9 Å². The van der Waals surface area contributed by atoms with E-state index in [1.54, 1.807) is 7.11 Å². The molecule has 0 aliphatic rings. The van der Waals surface area contributed by atoms with Gasteiger partial charge in [0.05, 0.1) is 12.7 Å². The first-order valence-corrected chi connectivity index (χ1v) is 5.74. The van der Waals surface area contributed by atoms with Crippen molar-refractivity contribution in [1.82, 2.24) is 14.6 Å². The summed E-state index contributed by atoms with van der Waals surface area (Å²) in [6, 6.07) is 11.8. The van der Waals surface area contributed by atoms with Crippen LogP contribution in [0.4, 0.5) is 0 Å². The van der Waals surface area contributed by atoms with E-state index in [1.165, 1.54) is 5.56 Å². The second-order valence-corrected chi connectivity index (χ2v) is 4.16. The van der Waals surface area contributed by atoms with E-state index in [-0.39, 0.29) is 0 Å². The van der Waals surface area contributed by atoms with E-state index in [4.69, 9.17) is 4.74 Å². The number of nitrogens with zero attached hydrogens (tertiary/aromatic N) is 3. The molecule has 0 saturated heterocycles.